The van der Waals surface area contributed by atoms with Gasteiger partial charge in [-0.15, -0.1) is 0 Å². The first-order valence-electron chi connectivity index (χ1n) is 6.67. The second-order valence-electron chi connectivity index (χ2n) is 5.09. The number of nitrogens with one attached hydrogen (secondary N) is 1. The molecule has 19 heavy (non-hydrogen) atoms. The van der Waals surface area contributed by atoms with Gasteiger partial charge in [-0.3, -0.25) is 4.79 Å². The van der Waals surface area contributed by atoms with Gasteiger partial charge in [-0.05, 0) is 43.5 Å². The van der Waals surface area contributed by atoms with E-state index >= 15 is 0 Å². The van der Waals surface area contributed by atoms with Crippen molar-refractivity contribution >= 4 is 27.5 Å². The number of primary amides is 1. The number of amides is 1. The van der Waals surface area contributed by atoms with Gasteiger partial charge in [0.2, 0.25) is 0 Å². The van der Waals surface area contributed by atoms with Crippen molar-refractivity contribution in [2.24, 2.45) is 17.4 Å². The average molecular weight is 326 g/mol. The lowest BCUT2D eigenvalue weighted by molar-refractivity contribution is 0.100. The Balaban J connectivity index is 2.21. The highest BCUT2D eigenvalue weighted by atomic mass is 79.9. The Bertz CT molecular complexity index is 464. The number of anilines is 1. The highest BCUT2D eigenvalue weighted by Gasteiger charge is 2.24. The van der Waals surface area contributed by atoms with E-state index in [0.717, 1.165) is 23.0 Å². The lowest BCUT2D eigenvalue weighted by Crippen LogP contribution is -2.37. The van der Waals surface area contributed by atoms with Crippen LogP contribution < -0.4 is 16.8 Å². The lowest BCUT2D eigenvalue weighted by atomic mass is 9.84. The van der Waals surface area contributed by atoms with Crippen LogP contribution >= 0.6 is 15.9 Å². The van der Waals surface area contributed by atoms with Crippen LogP contribution in [0.1, 0.15) is 36.0 Å². The van der Waals surface area contributed by atoms with Crippen molar-refractivity contribution in [3.8, 4) is 0 Å². The third kappa shape index (κ3) is 3.48. The van der Waals surface area contributed by atoms with Gasteiger partial charge in [0, 0.05) is 16.2 Å². The normalized spacial score (nSPS) is 23.1. The lowest BCUT2D eigenvalue weighted by Gasteiger charge is -2.32. The zero-order valence-corrected chi connectivity index (χ0v) is 12.4. The van der Waals surface area contributed by atoms with E-state index in [1.807, 2.05) is 12.1 Å². The largest absolute Gasteiger partial charge is 0.381 e. The molecule has 104 valence electrons. The Kier molecular flexibility index (Phi) is 4.82. The van der Waals surface area contributed by atoms with Crippen molar-refractivity contribution in [3.63, 3.8) is 0 Å². The molecule has 1 aliphatic carbocycles. The van der Waals surface area contributed by atoms with E-state index in [4.69, 9.17) is 11.5 Å². The molecule has 5 N–H and O–H groups in total. The molecule has 1 fully saturated rings. The predicted molar refractivity (Wildman–Crippen MR) is 81.1 cm³/mol. The first-order valence-corrected chi connectivity index (χ1v) is 7.47. The van der Waals surface area contributed by atoms with Crippen molar-refractivity contribution in [1.82, 2.24) is 0 Å². The van der Waals surface area contributed by atoms with Crippen LogP contribution in [0.25, 0.3) is 0 Å². The monoisotopic (exact) mass is 325 g/mol. The molecule has 1 aliphatic rings. The summed E-state index contributed by atoms with van der Waals surface area (Å²) in [4.78, 5) is 11.5. The Morgan fingerprint density at radius 1 is 1.37 bits per heavy atom. The molecule has 2 rings (SSSR count). The number of benzene rings is 1. The summed E-state index contributed by atoms with van der Waals surface area (Å²) in [6.45, 7) is 0.678. The summed E-state index contributed by atoms with van der Waals surface area (Å²) in [5.41, 5.74) is 12.6. The molecule has 2 atom stereocenters. The van der Waals surface area contributed by atoms with Gasteiger partial charge >= 0.3 is 0 Å². The van der Waals surface area contributed by atoms with E-state index in [2.05, 4.69) is 21.2 Å². The van der Waals surface area contributed by atoms with Crippen LogP contribution in [0, 0.1) is 5.92 Å². The molecule has 4 nitrogen and oxygen atoms in total. The molecule has 0 radical (unpaired) electrons. The van der Waals surface area contributed by atoms with Crippen molar-refractivity contribution in [2.45, 2.75) is 31.7 Å². The van der Waals surface area contributed by atoms with Gasteiger partial charge in [-0.1, -0.05) is 28.8 Å². The fourth-order valence-corrected chi connectivity index (χ4v) is 3.09. The van der Waals surface area contributed by atoms with E-state index in [-0.39, 0.29) is 0 Å². The maximum absolute atomic E-state index is 11.5. The van der Waals surface area contributed by atoms with Crippen molar-refractivity contribution in [3.05, 3.63) is 28.2 Å². The van der Waals surface area contributed by atoms with Crippen LogP contribution in [-0.2, 0) is 0 Å². The highest BCUT2D eigenvalue weighted by Crippen LogP contribution is 2.29. The van der Waals surface area contributed by atoms with Crippen LogP contribution in [0.3, 0.4) is 0 Å². The van der Waals surface area contributed by atoms with E-state index in [0.29, 0.717) is 24.1 Å². The zero-order valence-electron chi connectivity index (χ0n) is 10.9. The minimum absolute atomic E-state index is 0.325. The third-order valence-corrected chi connectivity index (χ3v) is 4.29. The first-order chi connectivity index (χ1) is 9.11. The summed E-state index contributed by atoms with van der Waals surface area (Å²) in [6.07, 6.45) is 4.68. The van der Waals surface area contributed by atoms with Crippen LogP contribution in [0.4, 0.5) is 5.69 Å². The SMILES string of the molecule is NCC1CCCCC1Nc1cc(Br)ccc1C(N)=O. The van der Waals surface area contributed by atoms with Gasteiger partial charge in [-0.25, -0.2) is 0 Å². The van der Waals surface area contributed by atoms with Crippen molar-refractivity contribution in [2.75, 3.05) is 11.9 Å². The summed E-state index contributed by atoms with van der Waals surface area (Å²) < 4.78 is 0.931. The maximum Gasteiger partial charge on any atom is 0.250 e. The minimum Gasteiger partial charge on any atom is -0.381 e. The Morgan fingerprint density at radius 3 is 2.79 bits per heavy atom. The molecule has 0 spiro atoms. The molecule has 1 amide bonds. The quantitative estimate of drug-likeness (QED) is 0.795. The number of carbonyl (C=O) groups is 1. The fraction of sp³-hybridized carbons (Fsp3) is 0.500. The minimum atomic E-state index is -0.407. The number of nitrogens with two attached hydrogens (primary N) is 2. The molecule has 2 unspecified atom stereocenters. The maximum atomic E-state index is 11.5. The number of halogens is 1. The smallest absolute Gasteiger partial charge is 0.250 e. The highest BCUT2D eigenvalue weighted by molar-refractivity contribution is 9.10. The molecule has 5 heteroatoms. The Hall–Kier alpha value is -1.07. The molecule has 1 aromatic carbocycles. The molecule has 0 saturated heterocycles. The summed E-state index contributed by atoms with van der Waals surface area (Å²) >= 11 is 3.43. The average Bonchev–Trinajstić information content (AvgIpc) is 2.39. The summed E-state index contributed by atoms with van der Waals surface area (Å²) in [5, 5.41) is 3.46. The number of rotatable bonds is 4. The van der Waals surface area contributed by atoms with Crippen molar-refractivity contribution in [1.29, 1.82) is 0 Å². The van der Waals surface area contributed by atoms with Crippen LogP contribution in [-0.4, -0.2) is 18.5 Å². The predicted octanol–water partition coefficient (Wildman–Crippen LogP) is 2.48. The molecule has 0 aromatic heterocycles. The second kappa shape index (κ2) is 6.39. The van der Waals surface area contributed by atoms with Gasteiger partial charge < -0.3 is 16.8 Å². The molecule has 1 aromatic rings. The molecular formula is C14H20BrN3O. The number of carbonyl (C=O) groups excluding carboxylic acids is 1. The van der Waals surface area contributed by atoms with Gasteiger partial charge in [0.05, 0.1) is 5.56 Å². The number of hydrogen-bond acceptors (Lipinski definition) is 3. The van der Waals surface area contributed by atoms with E-state index in [1.165, 1.54) is 12.8 Å². The summed E-state index contributed by atoms with van der Waals surface area (Å²) in [7, 11) is 0. The first kappa shape index (κ1) is 14.3. The Labute approximate surface area is 122 Å². The van der Waals surface area contributed by atoms with Gasteiger partial charge in [-0.2, -0.15) is 0 Å². The van der Waals surface area contributed by atoms with E-state index in [1.54, 1.807) is 6.07 Å². The van der Waals surface area contributed by atoms with Crippen molar-refractivity contribution < 1.29 is 4.79 Å². The fourth-order valence-electron chi connectivity index (χ4n) is 2.73. The molecule has 0 heterocycles. The molecule has 0 bridgehead atoms. The summed E-state index contributed by atoms with van der Waals surface area (Å²) in [6, 6.07) is 5.80. The molecule has 1 saturated carbocycles. The van der Waals surface area contributed by atoms with Gasteiger partial charge in [0.1, 0.15) is 0 Å². The van der Waals surface area contributed by atoms with E-state index < -0.39 is 5.91 Å². The molecule has 0 aliphatic heterocycles. The molecular weight excluding hydrogens is 306 g/mol. The van der Waals surface area contributed by atoms with E-state index in [9.17, 15) is 4.79 Å². The topological polar surface area (TPSA) is 81.1 Å². The number of hydrogen-bond donors (Lipinski definition) is 3. The van der Waals surface area contributed by atoms with Gasteiger partial charge in [0.25, 0.3) is 5.91 Å². The second-order valence-corrected chi connectivity index (χ2v) is 6.00. The van der Waals surface area contributed by atoms with Crippen LogP contribution in [0.15, 0.2) is 22.7 Å². The zero-order chi connectivity index (χ0) is 13.8. The summed E-state index contributed by atoms with van der Waals surface area (Å²) in [5.74, 6) is 0.0589. The van der Waals surface area contributed by atoms with Crippen LogP contribution in [0.2, 0.25) is 0 Å². The Morgan fingerprint density at radius 2 is 2.11 bits per heavy atom. The van der Waals surface area contributed by atoms with Crippen LogP contribution in [0.5, 0.6) is 0 Å². The third-order valence-electron chi connectivity index (χ3n) is 3.80. The van der Waals surface area contributed by atoms with Gasteiger partial charge in [0.15, 0.2) is 0 Å². The standard InChI is InChI=1S/C14H20BrN3O/c15-10-5-6-11(14(17)19)13(7-10)18-12-4-2-1-3-9(12)8-16/h5-7,9,12,18H,1-4,8,16H2,(H2,17,19).